The van der Waals surface area contributed by atoms with Gasteiger partial charge in [-0.2, -0.15) is 8.42 Å². The first-order chi connectivity index (χ1) is 7.00. The van der Waals surface area contributed by atoms with Gasteiger partial charge in [0.25, 0.3) is 10.0 Å². The molecule has 0 unspecified atom stereocenters. The van der Waals surface area contributed by atoms with Crippen molar-refractivity contribution in [2.75, 3.05) is 14.1 Å². The molecule has 0 saturated heterocycles. The minimum absolute atomic E-state index is 0.0775. The fourth-order valence-corrected chi connectivity index (χ4v) is 2.31. The quantitative estimate of drug-likeness (QED) is 0.653. The van der Waals surface area contributed by atoms with Crippen LogP contribution in [0.3, 0.4) is 0 Å². The highest BCUT2D eigenvalue weighted by Gasteiger charge is 2.26. The van der Waals surface area contributed by atoms with Gasteiger partial charge in [0.05, 0.1) is 0 Å². The van der Waals surface area contributed by atoms with Gasteiger partial charge in [0.1, 0.15) is 4.90 Å². The van der Waals surface area contributed by atoms with E-state index in [0.29, 0.717) is 5.75 Å². The number of sulfonamides is 1. The summed E-state index contributed by atoms with van der Waals surface area (Å²) in [6, 6.07) is 6.50. The lowest BCUT2D eigenvalue weighted by Gasteiger charge is -2.20. The van der Waals surface area contributed by atoms with Crippen LogP contribution >= 0.6 is 0 Å². The van der Waals surface area contributed by atoms with E-state index in [9.17, 15) is 8.42 Å². The van der Waals surface area contributed by atoms with Crippen molar-refractivity contribution < 1.29 is 13.2 Å². The number of rotatable bonds is 0. The second kappa shape index (κ2) is 3.23. The van der Waals surface area contributed by atoms with Crippen LogP contribution in [0, 0.1) is 0 Å². The van der Waals surface area contributed by atoms with Gasteiger partial charge in [-0.3, -0.25) is 0 Å². The van der Waals surface area contributed by atoms with Crippen molar-refractivity contribution in [3.8, 4) is 5.75 Å². The summed E-state index contributed by atoms with van der Waals surface area (Å²) < 4.78 is 32.3. The molecule has 1 aromatic carbocycles. The second-order valence-electron chi connectivity index (χ2n) is 3.29. The minimum atomic E-state index is -3.61. The predicted molar refractivity (Wildman–Crippen MR) is 55.4 cm³/mol. The van der Waals surface area contributed by atoms with Gasteiger partial charge in [0.2, 0.25) is 0 Å². The Morgan fingerprint density at radius 1 is 1.27 bits per heavy atom. The fraction of sp³-hybridized carbons (Fsp3) is 0.222. The van der Waals surface area contributed by atoms with E-state index < -0.39 is 10.0 Å². The molecule has 1 aliphatic rings. The predicted octanol–water partition coefficient (Wildman–Crippen LogP) is 0.685. The van der Waals surface area contributed by atoms with Gasteiger partial charge in [-0.1, -0.05) is 12.1 Å². The Hall–Kier alpha value is -1.56. The number of hydrogen-bond donors (Lipinski definition) is 0. The number of para-hydroxylation sites is 1. The Balaban J connectivity index is 2.60. The molecule has 2 rings (SSSR count). The zero-order chi connectivity index (χ0) is 11.1. The number of benzene rings is 1. The number of hydrogen-bond acceptors (Lipinski definition) is 4. The van der Waals surface area contributed by atoms with Crippen LogP contribution in [0.2, 0.25) is 0 Å². The largest absolute Gasteiger partial charge is 0.424 e. The van der Waals surface area contributed by atoms with Crippen molar-refractivity contribution in [1.29, 1.82) is 0 Å². The van der Waals surface area contributed by atoms with Crippen LogP contribution in [0.5, 0.6) is 5.75 Å². The standard InChI is InChI=1S/C9H10N2O3S/c1-11(2)9-10-15(12,13)8-6-4-3-5-7(8)14-9/h3-6H,1-2H3. The van der Waals surface area contributed by atoms with E-state index in [0.717, 1.165) is 0 Å². The number of nitrogens with zero attached hydrogens (tertiary/aromatic N) is 2. The minimum Gasteiger partial charge on any atom is -0.424 e. The summed E-state index contributed by atoms with van der Waals surface area (Å²) in [5.74, 6) is 0.316. The summed E-state index contributed by atoms with van der Waals surface area (Å²) in [5.41, 5.74) is 0. The molecule has 6 heteroatoms. The highest BCUT2D eigenvalue weighted by Crippen LogP contribution is 2.29. The molecular weight excluding hydrogens is 216 g/mol. The van der Waals surface area contributed by atoms with Crippen LogP contribution in [-0.4, -0.2) is 33.4 Å². The maximum Gasteiger partial charge on any atom is 0.308 e. The van der Waals surface area contributed by atoms with E-state index in [1.807, 2.05) is 0 Å². The summed E-state index contributed by atoms with van der Waals surface area (Å²) in [4.78, 5) is 1.61. The molecule has 5 nitrogen and oxygen atoms in total. The van der Waals surface area contributed by atoms with Crippen LogP contribution < -0.4 is 4.74 Å². The van der Waals surface area contributed by atoms with Gasteiger partial charge in [-0.15, -0.1) is 4.40 Å². The molecule has 0 aromatic heterocycles. The van der Waals surface area contributed by atoms with Crippen LogP contribution in [0.4, 0.5) is 0 Å². The Labute approximate surface area is 88.0 Å². The smallest absolute Gasteiger partial charge is 0.308 e. The molecule has 0 bridgehead atoms. The molecule has 1 aliphatic heterocycles. The number of amidine groups is 1. The van der Waals surface area contributed by atoms with E-state index in [1.165, 1.54) is 11.0 Å². The first kappa shape index (κ1) is 9.97. The van der Waals surface area contributed by atoms with Gasteiger partial charge in [0, 0.05) is 14.1 Å². The molecule has 1 aromatic rings. The van der Waals surface area contributed by atoms with E-state index in [4.69, 9.17) is 4.74 Å². The van der Waals surface area contributed by atoms with E-state index in [-0.39, 0.29) is 10.9 Å². The van der Waals surface area contributed by atoms with Crippen molar-refractivity contribution in [3.05, 3.63) is 24.3 Å². The molecule has 0 amide bonds. The molecule has 0 atom stereocenters. The Morgan fingerprint density at radius 2 is 1.93 bits per heavy atom. The van der Waals surface area contributed by atoms with Crippen LogP contribution in [0.1, 0.15) is 0 Å². The lowest BCUT2D eigenvalue weighted by atomic mass is 10.3. The fourth-order valence-electron chi connectivity index (χ4n) is 1.19. The third-order valence-electron chi connectivity index (χ3n) is 1.91. The summed E-state index contributed by atoms with van der Waals surface area (Å²) in [5, 5.41) is 0. The summed E-state index contributed by atoms with van der Waals surface area (Å²) in [7, 11) is -0.277. The Morgan fingerprint density at radius 3 is 2.60 bits per heavy atom. The summed E-state index contributed by atoms with van der Waals surface area (Å²) in [6.07, 6.45) is 0. The molecule has 0 spiro atoms. The molecule has 0 aliphatic carbocycles. The van der Waals surface area contributed by atoms with Gasteiger partial charge < -0.3 is 9.64 Å². The lowest BCUT2D eigenvalue weighted by molar-refractivity contribution is 0.418. The van der Waals surface area contributed by atoms with Gasteiger partial charge in [0.15, 0.2) is 5.75 Å². The molecule has 80 valence electrons. The maximum absolute atomic E-state index is 11.7. The van der Waals surface area contributed by atoms with Crippen LogP contribution in [0.25, 0.3) is 0 Å². The van der Waals surface area contributed by atoms with Gasteiger partial charge >= 0.3 is 6.02 Å². The molecule has 0 fully saturated rings. The average Bonchev–Trinajstić information content (AvgIpc) is 2.16. The van der Waals surface area contributed by atoms with Crippen molar-refractivity contribution in [1.82, 2.24) is 4.90 Å². The van der Waals surface area contributed by atoms with Crippen molar-refractivity contribution in [2.24, 2.45) is 4.40 Å². The lowest BCUT2D eigenvalue weighted by Crippen LogP contribution is -2.31. The van der Waals surface area contributed by atoms with E-state index in [2.05, 4.69) is 4.40 Å². The first-order valence-electron chi connectivity index (χ1n) is 4.30. The molecular formula is C9H10N2O3S. The molecule has 1 heterocycles. The Kier molecular flexibility index (Phi) is 2.15. The van der Waals surface area contributed by atoms with Gasteiger partial charge in [-0.05, 0) is 12.1 Å². The third-order valence-corrected chi connectivity index (χ3v) is 3.20. The van der Waals surface area contributed by atoms with Crippen LogP contribution in [0.15, 0.2) is 33.6 Å². The molecule has 0 N–H and O–H groups in total. The normalized spacial score (nSPS) is 17.3. The summed E-state index contributed by atoms with van der Waals surface area (Å²) >= 11 is 0. The molecule has 15 heavy (non-hydrogen) atoms. The van der Waals surface area contributed by atoms with Crippen molar-refractivity contribution >= 4 is 16.0 Å². The molecule has 0 radical (unpaired) electrons. The zero-order valence-corrected chi connectivity index (χ0v) is 9.15. The maximum atomic E-state index is 11.7. The second-order valence-corrected chi connectivity index (χ2v) is 4.86. The Bertz CT molecular complexity index is 520. The van der Waals surface area contributed by atoms with E-state index >= 15 is 0 Å². The van der Waals surface area contributed by atoms with Crippen molar-refractivity contribution in [2.45, 2.75) is 4.90 Å². The molecule has 0 saturated carbocycles. The monoisotopic (exact) mass is 226 g/mol. The topological polar surface area (TPSA) is 59.0 Å². The van der Waals surface area contributed by atoms with Crippen LogP contribution in [-0.2, 0) is 10.0 Å². The zero-order valence-electron chi connectivity index (χ0n) is 8.34. The first-order valence-corrected chi connectivity index (χ1v) is 5.74. The summed E-state index contributed by atoms with van der Waals surface area (Å²) in [6.45, 7) is 0. The number of fused-ring (bicyclic) bond motifs is 1. The third kappa shape index (κ3) is 1.68. The highest BCUT2D eigenvalue weighted by atomic mass is 32.2. The average molecular weight is 226 g/mol. The van der Waals surface area contributed by atoms with Gasteiger partial charge in [-0.25, -0.2) is 0 Å². The van der Waals surface area contributed by atoms with Crippen molar-refractivity contribution in [3.63, 3.8) is 0 Å². The number of ether oxygens (including phenoxy) is 1. The SMILES string of the molecule is CN(C)C1=NS(=O)(=O)c2ccccc2O1. The van der Waals surface area contributed by atoms with E-state index in [1.54, 1.807) is 32.3 Å². The highest BCUT2D eigenvalue weighted by molar-refractivity contribution is 7.90.